The van der Waals surface area contributed by atoms with Crippen LogP contribution in [0.4, 0.5) is 0 Å². The molecule has 1 aliphatic heterocycles. The molecule has 1 saturated heterocycles. The normalized spacial score (nSPS) is 16.8. The minimum Gasteiger partial charge on any atom is -0.336 e. The molecule has 0 bridgehead atoms. The first-order chi connectivity index (χ1) is 9.45. The van der Waals surface area contributed by atoms with E-state index in [4.69, 9.17) is 5.26 Å². The molecule has 0 N–H and O–H groups in total. The molecule has 2 rings (SSSR count). The van der Waals surface area contributed by atoms with Crippen molar-refractivity contribution >= 4 is 5.91 Å². The van der Waals surface area contributed by atoms with Gasteiger partial charge in [0.25, 0.3) is 5.91 Å². The van der Waals surface area contributed by atoms with Gasteiger partial charge >= 0.3 is 0 Å². The molecule has 1 aromatic rings. The van der Waals surface area contributed by atoms with Crippen LogP contribution in [0.2, 0.25) is 0 Å². The predicted molar refractivity (Wildman–Crippen MR) is 78.3 cm³/mol. The summed E-state index contributed by atoms with van der Waals surface area (Å²) in [6.07, 6.45) is 0. The van der Waals surface area contributed by atoms with Crippen LogP contribution in [0.1, 0.15) is 29.8 Å². The number of aryl methyl sites for hydroxylation is 1. The number of carbonyl (C=O) groups is 1. The van der Waals surface area contributed by atoms with Gasteiger partial charge in [0.1, 0.15) is 5.54 Å². The fourth-order valence-electron chi connectivity index (χ4n) is 2.52. The molecule has 1 aliphatic rings. The van der Waals surface area contributed by atoms with Crippen molar-refractivity contribution in [1.82, 2.24) is 9.80 Å². The van der Waals surface area contributed by atoms with Gasteiger partial charge in [-0.2, -0.15) is 5.26 Å². The number of carbonyl (C=O) groups excluding carboxylic acids is 1. The molecule has 0 saturated carbocycles. The number of amides is 1. The second-order valence-electron chi connectivity index (χ2n) is 5.76. The van der Waals surface area contributed by atoms with Gasteiger partial charge < -0.3 is 4.90 Å². The van der Waals surface area contributed by atoms with E-state index in [0.29, 0.717) is 13.1 Å². The monoisotopic (exact) mass is 271 g/mol. The largest absolute Gasteiger partial charge is 0.336 e. The lowest BCUT2D eigenvalue weighted by Gasteiger charge is -2.40. The molecule has 1 fully saturated rings. The third kappa shape index (κ3) is 2.83. The Morgan fingerprint density at radius 1 is 1.20 bits per heavy atom. The van der Waals surface area contributed by atoms with Crippen LogP contribution >= 0.6 is 0 Å². The van der Waals surface area contributed by atoms with Crippen molar-refractivity contribution in [2.45, 2.75) is 26.3 Å². The Morgan fingerprint density at radius 2 is 1.80 bits per heavy atom. The van der Waals surface area contributed by atoms with Gasteiger partial charge in [-0.1, -0.05) is 18.2 Å². The molecule has 1 aromatic carbocycles. The summed E-state index contributed by atoms with van der Waals surface area (Å²) in [5, 5.41) is 9.16. The topological polar surface area (TPSA) is 47.3 Å². The first-order valence-corrected chi connectivity index (χ1v) is 6.97. The van der Waals surface area contributed by atoms with Gasteiger partial charge in [-0.25, -0.2) is 0 Å². The fraction of sp³-hybridized carbons (Fsp3) is 0.500. The summed E-state index contributed by atoms with van der Waals surface area (Å²) in [4.78, 5) is 16.5. The number of benzene rings is 1. The van der Waals surface area contributed by atoms with E-state index in [0.717, 1.165) is 24.2 Å². The van der Waals surface area contributed by atoms with E-state index in [-0.39, 0.29) is 5.91 Å². The van der Waals surface area contributed by atoms with Crippen LogP contribution < -0.4 is 0 Å². The molecule has 4 nitrogen and oxygen atoms in total. The van der Waals surface area contributed by atoms with Gasteiger partial charge in [0.15, 0.2) is 0 Å². The van der Waals surface area contributed by atoms with Crippen LogP contribution in [0.25, 0.3) is 0 Å². The third-order valence-electron chi connectivity index (χ3n) is 4.01. The average Bonchev–Trinajstić information content (AvgIpc) is 2.47. The molecule has 0 spiro atoms. The summed E-state index contributed by atoms with van der Waals surface area (Å²) in [5.74, 6) is 0.0949. The van der Waals surface area contributed by atoms with Crippen molar-refractivity contribution in [2.75, 3.05) is 26.2 Å². The van der Waals surface area contributed by atoms with Crippen LogP contribution in [0.5, 0.6) is 0 Å². The summed E-state index contributed by atoms with van der Waals surface area (Å²) in [6, 6.07) is 10.00. The van der Waals surface area contributed by atoms with Crippen LogP contribution in [0, 0.1) is 18.3 Å². The minimum atomic E-state index is -0.461. The van der Waals surface area contributed by atoms with E-state index in [1.54, 1.807) is 0 Å². The van der Waals surface area contributed by atoms with Crippen LogP contribution in [0.3, 0.4) is 0 Å². The lowest BCUT2D eigenvalue weighted by Crippen LogP contribution is -2.55. The van der Waals surface area contributed by atoms with E-state index in [2.05, 4.69) is 11.0 Å². The highest BCUT2D eigenvalue weighted by Gasteiger charge is 2.31. The second kappa shape index (κ2) is 5.64. The van der Waals surface area contributed by atoms with E-state index >= 15 is 0 Å². The predicted octanol–water partition coefficient (Wildman–Crippen LogP) is 2.06. The zero-order valence-electron chi connectivity index (χ0n) is 12.4. The maximum absolute atomic E-state index is 12.5. The number of hydrogen-bond donors (Lipinski definition) is 0. The lowest BCUT2D eigenvalue weighted by molar-refractivity contribution is 0.0520. The SMILES string of the molecule is Cc1ccccc1C(=O)N1CCN(C(C)(C)C#N)CC1. The highest BCUT2D eigenvalue weighted by atomic mass is 16.2. The zero-order valence-corrected chi connectivity index (χ0v) is 12.4. The van der Waals surface area contributed by atoms with E-state index in [1.165, 1.54) is 0 Å². The van der Waals surface area contributed by atoms with Gasteiger partial charge in [-0.05, 0) is 32.4 Å². The Bertz CT molecular complexity index is 537. The average molecular weight is 271 g/mol. The van der Waals surface area contributed by atoms with Crippen molar-refractivity contribution in [3.8, 4) is 6.07 Å². The maximum Gasteiger partial charge on any atom is 0.254 e. The molecule has 106 valence electrons. The number of nitrogens with zero attached hydrogens (tertiary/aromatic N) is 3. The Balaban J connectivity index is 2.03. The molecule has 0 atom stereocenters. The van der Waals surface area contributed by atoms with Crippen LogP contribution in [-0.2, 0) is 0 Å². The van der Waals surface area contributed by atoms with Crippen LogP contribution in [0.15, 0.2) is 24.3 Å². The van der Waals surface area contributed by atoms with Crippen molar-refractivity contribution in [3.05, 3.63) is 35.4 Å². The first-order valence-electron chi connectivity index (χ1n) is 6.97. The fourth-order valence-corrected chi connectivity index (χ4v) is 2.52. The Labute approximate surface area is 120 Å². The maximum atomic E-state index is 12.5. The standard InChI is InChI=1S/C16H21N3O/c1-13-6-4-5-7-14(13)15(20)18-8-10-19(11-9-18)16(2,3)12-17/h4-7H,8-11H2,1-3H3. The van der Waals surface area contributed by atoms with Gasteiger partial charge in [0, 0.05) is 31.7 Å². The summed E-state index contributed by atoms with van der Waals surface area (Å²) < 4.78 is 0. The quantitative estimate of drug-likeness (QED) is 0.827. The van der Waals surface area contributed by atoms with Gasteiger partial charge in [0.2, 0.25) is 0 Å². The van der Waals surface area contributed by atoms with Crippen molar-refractivity contribution in [1.29, 1.82) is 5.26 Å². The minimum absolute atomic E-state index is 0.0949. The Kier molecular flexibility index (Phi) is 4.10. The number of nitriles is 1. The summed E-state index contributed by atoms with van der Waals surface area (Å²) in [5.41, 5.74) is 1.33. The highest BCUT2D eigenvalue weighted by Crippen LogP contribution is 2.18. The molecule has 4 heteroatoms. The summed E-state index contributed by atoms with van der Waals surface area (Å²) in [7, 11) is 0. The molecule has 1 amide bonds. The van der Waals surface area contributed by atoms with Crippen molar-refractivity contribution in [2.24, 2.45) is 0 Å². The van der Waals surface area contributed by atoms with Gasteiger partial charge in [0.05, 0.1) is 6.07 Å². The third-order valence-corrected chi connectivity index (χ3v) is 4.01. The Morgan fingerprint density at radius 3 is 2.35 bits per heavy atom. The molecule has 0 unspecified atom stereocenters. The highest BCUT2D eigenvalue weighted by molar-refractivity contribution is 5.95. The first kappa shape index (κ1) is 14.5. The smallest absolute Gasteiger partial charge is 0.254 e. The summed E-state index contributed by atoms with van der Waals surface area (Å²) >= 11 is 0. The molecule has 0 radical (unpaired) electrons. The lowest BCUT2D eigenvalue weighted by atomic mass is 10.0. The molecular weight excluding hydrogens is 250 g/mol. The molecule has 0 aliphatic carbocycles. The van der Waals surface area contributed by atoms with E-state index < -0.39 is 5.54 Å². The number of piperazine rings is 1. The number of rotatable bonds is 2. The van der Waals surface area contributed by atoms with E-state index in [9.17, 15) is 4.79 Å². The van der Waals surface area contributed by atoms with Crippen molar-refractivity contribution < 1.29 is 4.79 Å². The van der Waals surface area contributed by atoms with Crippen molar-refractivity contribution in [3.63, 3.8) is 0 Å². The molecular formula is C16H21N3O. The van der Waals surface area contributed by atoms with E-state index in [1.807, 2.05) is 49.9 Å². The van der Waals surface area contributed by atoms with Crippen LogP contribution in [-0.4, -0.2) is 47.4 Å². The Hall–Kier alpha value is -1.86. The van der Waals surface area contributed by atoms with Gasteiger partial charge in [-0.3, -0.25) is 9.69 Å². The zero-order chi connectivity index (χ0) is 14.8. The molecule has 0 aromatic heterocycles. The molecule has 1 heterocycles. The number of hydrogen-bond acceptors (Lipinski definition) is 3. The summed E-state index contributed by atoms with van der Waals surface area (Å²) in [6.45, 7) is 8.66. The second-order valence-corrected chi connectivity index (χ2v) is 5.76. The molecule has 20 heavy (non-hydrogen) atoms. The van der Waals surface area contributed by atoms with Gasteiger partial charge in [-0.15, -0.1) is 0 Å².